The van der Waals surface area contributed by atoms with Gasteiger partial charge in [0.05, 0.1) is 6.04 Å². The molecule has 0 fully saturated rings. The highest BCUT2D eigenvalue weighted by Crippen LogP contribution is 2.07. The van der Waals surface area contributed by atoms with E-state index in [1.54, 1.807) is 6.92 Å². The van der Waals surface area contributed by atoms with Gasteiger partial charge in [0, 0.05) is 12.2 Å². The minimum atomic E-state index is -1.26. The molecule has 160 valence electrons. The molecule has 0 radical (unpaired) electrons. The summed E-state index contributed by atoms with van der Waals surface area (Å²) in [5, 5.41) is 24.3. The second kappa shape index (κ2) is 12.9. The van der Waals surface area contributed by atoms with Crippen LogP contribution < -0.4 is 21.7 Å². The molecule has 0 saturated carbocycles. The first-order valence-corrected chi connectivity index (χ1v) is 9.35. The van der Waals surface area contributed by atoms with Gasteiger partial charge in [-0.15, -0.1) is 0 Å². The summed E-state index contributed by atoms with van der Waals surface area (Å²) in [6, 6.07) is -3.28. The van der Waals surface area contributed by atoms with E-state index in [-0.39, 0.29) is 18.1 Å². The molecule has 4 unspecified atom stereocenters. The molecule has 0 aromatic heterocycles. The van der Waals surface area contributed by atoms with Crippen molar-refractivity contribution in [2.24, 2.45) is 11.7 Å². The number of thiol groups is 1. The molecule has 28 heavy (non-hydrogen) atoms. The van der Waals surface area contributed by atoms with Crippen LogP contribution in [0.15, 0.2) is 0 Å². The van der Waals surface area contributed by atoms with Crippen molar-refractivity contribution in [3.63, 3.8) is 0 Å². The summed E-state index contributed by atoms with van der Waals surface area (Å²) in [7, 11) is 0. The van der Waals surface area contributed by atoms with Gasteiger partial charge in [-0.3, -0.25) is 24.0 Å². The molecule has 0 aliphatic carbocycles. The fourth-order valence-electron chi connectivity index (χ4n) is 2.07. The SMILES string of the molecule is CCC(C)C(N)C(=O)NC(CCC(=O)O)C(=O)NC(CS)C(=O)NCC(=O)O. The molecule has 0 rings (SSSR count). The Morgan fingerprint density at radius 3 is 2.00 bits per heavy atom. The molecule has 7 N–H and O–H groups in total. The molecule has 0 saturated heterocycles. The Morgan fingerprint density at radius 1 is 0.964 bits per heavy atom. The van der Waals surface area contributed by atoms with Crippen LogP contribution in [0.4, 0.5) is 0 Å². The van der Waals surface area contributed by atoms with E-state index in [0.717, 1.165) is 0 Å². The van der Waals surface area contributed by atoms with E-state index in [1.165, 1.54) is 0 Å². The molecule has 12 heteroatoms. The van der Waals surface area contributed by atoms with Gasteiger partial charge in [-0.2, -0.15) is 12.6 Å². The third kappa shape index (κ3) is 9.55. The third-order valence-corrected chi connectivity index (χ3v) is 4.43. The van der Waals surface area contributed by atoms with Crippen LogP contribution in [-0.2, 0) is 24.0 Å². The molecular formula is C16H28N4O7S. The summed E-state index contributed by atoms with van der Waals surface area (Å²) in [5.41, 5.74) is 5.83. The monoisotopic (exact) mass is 420 g/mol. The van der Waals surface area contributed by atoms with Crippen LogP contribution in [-0.4, -0.2) is 70.3 Å². The Kier molecular flexibility index (Phi) is 11.9. The van der Waals surface area contributed by atoms with Gasteiger partial charge in [0.2, 0.25) is 17.7 Å². The van der Waals surface area contributed by atoms with Crippen LogP contribution in [0.25, 0.3) is 0 Å². The van der Waals surface area contributed by atoms with Crippen LogP contribution in [0.5, 0.6) is 0 Å². The highest BCUT2D eigenvalue weighted by atomic mass is 32.1. The molecule has 0 heterocycles. The smallest absolute Gasteiger partial charge is 0.322 e. The molecule has 0 aliphatic rings. The standard InChI is InChI=1S/C16H28N4O7S/c1-3-8(2)13(17)16(27)19-9(4-5-11(21)22)15(26)20-10(7-28)14(25)18-6-12(23)24/h8-10,13,28H,3-7,17H2,1-2H3,(H,18,25)(H,19,27)(H,20,26)(H,21,22)(H,23,24). The van der Waals surface area contributed by atoms with E-state index >= 15 is 0 Å². The van der Waals surface area contributed by atoms with Gasteiger partial charge in [-0.1, -0.05) is 20.3 Å². The van der Waals surface area contributed by atoms with Gasteiger partial charge in [0.1, 0.15) is 18.6 Å². The summed E-state index contributed by atoms with van der Waals surface area (Å²) >= 11 is 3.95. The van der Waals surface area contributed by atoms with Crippen LogP contribution in [0.1, 0.15) is 33.1 Å². The number of hydrogen-bond donors (Lipinski definition) is 7. The Balaban J connectivity index is 5.12. The second-order valence-electron chi connectivity index (χ2n) is 6.26. The van der Waals surface area contributed by atoms with E-state index in [0.29, 0.717) is 6.42 Å². The van der Waals surface area contributed by atoms with Crippen molar-refractivity contribution in [2.45, 2.75) is 51.2 Å². The summed E-state index contributed by atoms with van der Waals surface area (Å²) in [5.74, 6) is -4.90. The predicted octanol–water partition coefficient (Wildman–Crippen LogP) is -1.68. The lowest BCUT2D eigenvalue weighted by atomic mass is 9.98. The molecule has 0 aromatic rings. The number of carboxylic acid groups (broad SMARTS) is 2. The van der Waals surface area contributed by atoms with Gasteiger partial charge < -0.3 is 31.9 Å². The Bertz CT molecular complexity index is 587. The van der Waals surface area contributed by atoms with Crippen molar-refractivity contribution in [3.8, 4) is 0 Å². The topological polar surface area (TPSA) is 188 Å². The van der Waals surface area contributed by atoms with Crippen LogP contribution in [0.3, 0.4) is 0 Å². The number of carbonyl (C=O) groups is 5. The molecule has 3 amide bonds. The Labute approximate surface area is 168 Å². The van der Waals surface area contributed by atoms with Crippen LogP contribution >= 0.6 is 12.6 Å². The second-order valence-corrected chi connectivity index (χ2v) is 6.63. The highest BCUT2D eigenvalue weighted by molar-refractivity contribution is 7.80. The molecule has 0 bridgehead atoms. The molecule has 0 spiro atoms. The molecule has 11 nitrogen and oxygen atoms in total. The van der Waals surface area contributed by atoms with Gasteiger partial charge >= 0.3 is 11.9 Å². The number of nitrogens with two attached hydrogens (primary N) is 1. The van der Waals surface area contributed by atoms with Crippen molar-refractivity contribution >= 4 is 42.3 Å². The largest absolute Gasteiger partial charge is 0.481 e. The van der Waals surface area contributed by atoms with Crippen molar-refractivity contribution in [1.29, 1.82) is 0 Å². The maximum absolute atomic E-state index is 12.5. The van der Waals surface area contributed by atoms with Crippen molar-refractivity contribution in [1.82, 2.24) is 16.0 Å². The van der Waals surface area contributed by atoms with Crippen LogP contribution in [0.2, 0.25) is 0 Å². The highest BCUT2D eigenvalue weighted by Gasteiger charge is 2.29. The number of amides is 3. The zero-order chi connectivity index (χ0) is 21.9. The predicted molar refractivity (Wildman–Crippen MR) is 103 cm³/mol. The van der Waals surface area contributed by atoms with E-state index in [4.69, 9.17) is 15.9 Å². The van der Waals surface area contributed by atoms with Gasteiger partial charge in [-0.25, -0.2) is 0 Å². The minimum absolute atomic E-state index is 0.136. The average Bonchev–Trinajstić information content (AvgIpc) is 2.65. The lowest BCUT2D eigenvalue weighted by Gasteiger charge is -2.24. The number of rotatable bonds is 13. The normalized spacial score (nSPS) is 14.9. The number of nitrogens with one attached hydrogen (secondary N) is 3. The quantitative estimate of drug-likeness (QED) is 0.172. The maximum atomic E-state index is 12.5. The third-order valence-electron chi connectivity index (χ3n) is 4.07. The summed E-state index contributed by atoms with van der Waals surface area (Å²) in [6.07, 6.45) is 0.0237. The number of aliphatic carboxylic acids is 2. The fraction of sp³-hybridized carbons (Fsp3) is 0.688. The lowest BCUT2D eigenvalue weighted by molar-refractivity contribution is -0.138. The average molecular weight is 420 g/mol. The first kappa shape index (κ1) is 25.7. The number of hydrogen-bond acceptors (Lipinski definition) is 7. The zero-order valence-corrected chi connectivity index (χ0v) is 16.7. The Hall–Kier alpha value is -2.34. The molecule has 0 aliphatic heterocycles. The maximum Gasteiger partial charge on any atom is 0.322 e. The zero-order valence-electron chi connectivity index (χ0n) is 15.8. The van der Waals surface area contributed by atoms with E-state index in [2.05, 4.69) is 28.6 Å². The van der Waals surface area contributed by atoms with Crippen molar-refractivity contribution < 1.29 is 34.2 Å². The van der Waals surface area contributed by atoms with Gasteiger partial charge in [-0.05, 0) is 12.3 Å². The van der Waals surface area contributed by atoms with Crippen molar-refractivity contribution in [3.05, 3.63) is 0 Å². The summed E-state index contributed by atoms with van der Waals surface area (Å²) in [4.78, 5) is 58.0. The summed E-state index contributed by atoms with van der Waals surface area (Å²) < 4.78 is 0. The first-order valence-electron chi connectivity index (χ1n) is 8.71. The van der Waals surface area contributed by atoms with Crippen molar-refractivity contribution in [2.75, 3.05) is 12.3 Å². The lowest BCUT2D eigenvalue weighted by Crippen LogP contribution is -2.57. The van der Waals surface area contributed by atoms with Crippen LogP contribution in [0, 0.1) is 5.92 Å². The van der Waals surface area contributed by atoms with E-state index in [1.807, 2.05) is 6.92 Å². The Morgan fingerprint density at radius 2 is 1.54 bits per heavy atom. The van der Waals surface area contributed by atoms with Gasteiger partial charge in [0.25, 0.3) is 0 Å². The van der Waals surface area contributed by atoms with Gasteiger partial charge in [0.15, 0.2) is 0 Å². The summed E-state index contributed by atoms with van der Waals surface area (Å²) in [6.45, 7) is 2.97. The molecule has 0 aromatic carbocycles. The molecule has 4 atom stereocenters. The fourth-order valence-corrected chi connectivity index (χ4v) is 2.33. The van der Waals surface area contributed by atoms with E-state index < -0.39 is 60.8 Å². The van der Waals surface area contributed by atoms with E-state index in [9.17, 15) is 24.0 Å². The number of carbonyl (C=O) groups excluding carboxylic acids is 3. The first-order chi connectivity index (χ1) is 13.0. The minimum Gasteiger partial charge on any atom is -0.481 e. The molecular weight excluding hydrogens is 392 g/mol. The number of carboxylic acids is 2.